The van der Waals surface area contributed by atoms with E-state index < -0.39 is 0 Å². The predicted molar refractivity (Wildman–Crippen MR) is 144 cm³/mol. The smallest absolute Gasteiger partial charge is 0.260 e. The summed E-state index contributed by atoms with van der Waals surface area (Å²) >= 11 is 5.91. The number of rotatable bonds is 6. The highest BCUT2D eigenvalue weighted by Gasteiger charge is 2.28. The van der Waals surface area contributed by atoms with Crippen molar-refractivity contribution in [1.29, 1.82) is 0 Å². The Kier molecular flexibility index (Phi) is 8.24. The summed E-state index contributed by atoms with van der Waals surface area (Å²) in [7, 11) is 0. The molecule has 0 N–H and O–H groups in total. The Hall–Kier alpha value is -3.13. The van der Waals surface area contributed by atoms with Gasteiger partial charge < -0.3 is 19.3 Å². The van der Waals surface area contributed by atoms with E-state index in [0.29, 0.717) is 37.0 Å². The second kappa shape index (κ2) is 11.9. The highest BCUT2D eigenvalue weighted by Crippen LogP contribution is 2.19. The number of halogens is 1. The summed E-state index contributed by atoms with van der Waals surface area (Å²) in [6.45, 7) is 5.44. The number of hydrogen-bond donors (Lipinski definition) is 0. The van der Waals surface area contributed by atoms with Crippen molar-refractivity contribution in [3.8, 4) is 5.75 Å². The summed E-state index contributed by atoms with van der Waals surface area (Å²) in [5.41, 5.74) is 0.734. The summed E-state index contributed by atoms with van der Waals surface area (Å²) in [6.07, 6.45) is 0.847. The maximum Gasteiger partial charge on any atom is 0.260 e. The molecule has 3 aromatic carbocycles. The molecule has 2 heterocycles. The number of benzene rings is 3. The lowest BCUT2D eigenvalue weighted by Crippen LogP contribution is -2.51. The predicted octanol–water partition coefficient (Wildman–Crippen LogP) is 3.95. The summed E-state index contributed by atoms with van der Waals surface area (Å²) < 4.78 is 11.6. The SMILES string of the molecule is O=C(COc1ccc(Cl)cc1)N1CCO[C@H](CN2CCCN(C(=O)c3ccc4ccccc4c3)CC2)C1. The van der Waals surface area contributed by atoms with Crippen LogP contribution in [0.4, 0.5) is 0 Å². The van der Waals surface area contributed by atoms with Crippen LogP contribution in [-0.4, -0.2) is 91.6 Å². The van der Waals surface area contributed by atoms with Crippen LogP contribution in [0.25, 0.3) is 10.8 Å². The Morgan fingerprint density at radius 3 is 2.54 bits per heavy atom. The van der Waals surface area contributed by atoms with Crippen LogP contribution in [-0.2, 0) is 9.53 Å². The number of carbonyl (C=O) groups excluding carboxylic acids is 2. The Morgan fingerprint density at radius 1 is 0.892 bits per heavy atom. The summed E-state index contributed by atoms with van der Waals surface area (Å²) in [6, 6.07) is 21.0. The van der Waals surface area contributed by atoms with Crippen LogP contribution < -0.4 is 4.74 Å². The number of morpholine rings is 1. The molecule has 37 heavy (non-hydrogen) atoms. The number of hydrogen-bond acceptors (Lipinski definition) is 5. The van der Waals surface area contributed by atoms with E-state index in [1.54, 1.807) is 24.3 Å². The average Bonchev–Trinajstić information content (AvgIpc) is 3.17. The van der Waals surface area contributed by atoms with E-state index in [4.69, 9.17) is 21.1 Å². The minimum absolute atomic E-state index is 0.0100. The van der Waals surface area contributed by atoms with E-state index in [1.807, 2.05) is 46.2 Å². The molecule has 2 amide bonds. The van der Waals surface area contributed by atoms with Gasteiger partial charge in [-0.05, 0) is 60.1 Å². The van der Waals surface area contributed by atoms with Gasteiger partial charge in [-0.1, -0.05) is 41.9 Å². The lowest BCUT2D eigenvalue weighted by molar-refractivity contribution is -0.141. The highest BCUT2D eigenvalue weighted by atomic mass is 35.5. The zero-order valence-electron chi connectivity index (χ0n) is 20.9. The summed E-state index contributed by atoms with van der Waals surface area (Å²) in [5, 5.41) is 2.85. The van der Waals surface area contributed by atoms with E-state index in [-0.39, 0.29) is 24.5 Å². The van der Waals surface area contributed by atoms with Gasteiger partial charge in [-0.15, -0.1) is 0 Å². The number of carbonyl (C=O) groups is 2. The molecular weight excluding hydrogens is 490 g/mol. The van der Waals surface area contributed by atoms with Crippen LogP contribution in [0.15, 0.2) is 66.7 Å². The molecule has 0 bridgehead atoms. The molecule has 8 heteroatoms. The molecule has 0 aromatic heterocycles. The lowest BCUT2D eigenvalue weighted by atomic mass is 10.1. The Labute approximate surface area is 222 Å². The van der Waals surface area contributed by atoms with Crippen molar-refractivity contribution in [3.05, 3.63) is 77.3 Å². The standard InChI is InChI=1S/C29H32ClN3O4/c30-25-8-10-26(11-9-25)37-21-28(34)33-16-17-36-27(20-33)19-31-12-3-13-32(15-14-31)29(35)24-7-6-22-4-1-2-5-23(22)18-24/h1-2,4-11,18,27H,3,12-17,19-21H2/t27-/m1/s1. The molecule has 0 spiro atoms. The fraction of sp³-hybridized carbons (Fsp3) is 0.379. The normalized spacial score (nSPS) is 19.0. The second-order valence-electron chi connectivity index (χ2n) is 9.58. The molecule has 3 aromatic rings. The van der Waals surface area contributed by atoms with Crippen molar-refractivity contribution in [2.24, 2.45) is 0 Å². The number of nitrogens with zero attached hydrogens (tertiary/aromatic N) is 3. The number of fused-ring (bicyclic) bond motifs is 1. The third-order valence-electron chi connectivity index (χ3n) is 7.00. The molecule has 5 rings (SSSR count). The van der Waals surface area contributed by atoms with Gasteiger partial charge in [-0.25, -0.2) is 0 Å². The first-order valence-electron chi connectivity index (χ1n) is 12.8. The largest absolute Gasteiger partial charge is 0.484 e. The molecule has 194 valence electrons. The Balaban J connectivity index is 1.11. The Bertz CT molecular complexity index is 1240. The van der Waals surface area contributed by atoms with Gasteiger partial charge in [-0.2, -0.15) is 0 Å². The van der Waals surface area contributed by atoms with Crippen LogP contribution in [0.5, 0.6) is 5.75 Å². The molecule has 2 fully saturated rings. The first-order valence-corrected chi connectivity index (χ1v) is 13.2. The van der Waals surface area contributed by atoms with Crippen molar-refractivity contribution in [1.82, 2.24) is 14.7 Å². The second-order valence-corrected chi connectivity index (χ2v) is 10.0. The fourth-order valence-electron chi connectivity index (χ4n) is 4.97. The van der Waals surface area contributed by atoms with Gasteiger partial charge >= 0.3 is 0 Å². The molecule has 1 atom stereocenters. The van der Waals surface area contributed by atoms with Gasteiger partial charge in [0.2, 0.25) is 0 Å². The third kappa shape index (κ3) is 6.60. The summed E-state index contributed by atoms with van der Waals surface area (Å²) in [4.78, 5) is 32.1. The van der Waals surface area contributed by atoms with Gasteiger partial charge in [-0.3, -0.25) is 14.5 Å². The van der Waals surface area contributed by atoms with Crippen LogP contribution in [0, 0.1) is 0 Å². The molecule has 0 aliphatic carbocycles. The minimum Gasteiger partial charge on any atom is -0.484 e. The van der Waals surface area contributed by atoms with E-state index in [1.165, 1.54) is 0 Å². The van der Waals surface area contributed by atoms with Gasteiger partial charge in [0.15, 0.2) is 6.61 Å². The average molecular weight is 522 g/mol. The maximum absolute atomic E-state index is 13.2. The summed E-state index contributed by atoms with van der Waals surface area (Å²) in [5.74, 6) is 0.653. The van der Waals surface area contributed by atoms with Crippen LogP contribution in [0.2, 0.25) is 5.02 Å². The fourth-order valence-corrected chi connectivity index (χ4v) is 5.10. The van der Waals surface area contributed by atoms with Crippen LogP contribution in [0.1, 0.15) is 16.8 Å². The third-order valence-corrected chi connectivity index (χ3v) is 7.25. The highest BCUT2D eigenvalue weighted by molar-refractivity contribution is 6.30. The lowest BCUT2D eigenvalue weighted by Gasteiger charge is -2.35. The molecule has 0 saturated carbocycles. The van der Waals surface area contributed by atoms with Gasteiger partial charge in [0.1, 0.15) is 5.75 Å². The van der Waals surface area contributed by atoms with E-state index in [2.05, 4.69) is 11.0 Å². The molecule has 2 saturated heterocycles. The minimum atomic E-state index is -0.0593. The van der Waals surface area contributed by atoms with Crippen molar-refractivity contribution >= 4 is 34.2 Å². The van der Waals surface area contributed by atoms with Crippen molar-refractivity contribution in [2.75, 3.05) is 59.0 Å². The number of amides is 2. The van der Waals surface area contributed by atoms with Gasteiger partial charge in [0.25, 0.3) is 11.8 Å². The zero-order chi connectivity index (χ0) is 25.6. The first-order chi connectivity index (χ1) is 18.0. The molecular formula is C29H32ClN3O4. The molecule has 0 radical (unpaired) electrons. The van der Waals surface area contributed by atoms with Crippen molar-refractivity contribution in [2.45, 2.75) is 12.5 Å². The zero-order valence-corrected chi connectivity index (χ0v) is 21.6. The van der Waals surface area contributed by atoms with E-state index in [0.717, 1.165) is 48.9 Å². The quantitative estimate of drug-likeness (QED) is 0.491. The van der Waals surface area contributed by atoms with E-state index >= 15 is 0 Å². The number of ether oxygens (including phenoxy) is 2. The van der Waals surface area contributed by atoms with E-state index in [9.17, 15) is 9.59 Å². The van der Waals surface area contributed by atoms with Gasteiger partial charge in [0.05, 0.1) is 12.7 Å². The van der Waals surface area contributed by atoms with Crippen molar-refractivity contribution < 1.29 is 19.1 Å². The van der Waals surface area contributed by atoms with Crippen LogP contribution >= 0.6 is 11.6 Å². The first kappa shape index (κ1) is 25.5. The van der Waals surface area contributed by atoms with Gasteiger partial charge in [0, 0.05) is 49.9 Å². The molecule has 2 aliphatic rings. The molecule has 0 unspecified atom stereocenters. The van der Waals surface area contributed by atoms with Crippen molar-refractivity contribution in [3.63, 3.8) is 0 Å². The molecule has 2 aliphatic heterocycles. The maximum atomic E-state index is 13.2. The Morgan fingerprint density at radius 2 is 1.70 bits per heavy atom. The molecule has 7 nitrogen and oxygen atoms in total. The monoisotopic (exact) mass is 521 g/mol. The van der Waals surface area contributed by atoms with Crippen LogP contribution in [0.3, 0.4) is 0 Å². The topological polar surface area (TPSA) is 62.3 Å².